The van der Waals surface area contributed by atoms with Crippen molar-refractivity contribution in [3.8, 4) is 11.4 Å². The molecule has 0 amide bonds. The lowest BCUT2D eigenvalue weighted by Crippen LogP contribution is -1.94. The number of H-pyrrole nitrogens is 1. The van der Waals surface area contributed by atoms with E-state index in [1.165, 1.54) is 0 Å². The Bertz CT molecular complexity index is 406. The molecule has 0 atom stereocenters. The molecular weight excluding hydrogens is 166 g/mol. The largest absolute Gasteiger partial charge is 0.382 e. The maximum atomic E-state index is 5.51. The summed E-state index contributed by atoms with van der Waals surface area (Å²) < 4.78 is 1.79. The van der Waals surface area contributed by atoms with E-state index in [4.69, 9.17) is 5.73 Å². The number of aromatic nitrogens is 4. The van der Waals surface area contributed by atoms with Crippen molar-refractivity contribution < 1.29 is 0 Å². The molecule has 2 aromatic rings. The normalized spacial score (nSPS) is 10.6. The second-order valence-corrected chi connectivity index (χ2v) is 3.01. The lowest BCUT2D eigenvalue weighted by molar-refractivity contribution is 0.772. The van der Waals surface area contributed by atoms with Gasteiger partial charge in [0.1, 0.15) is 5.82 Å². The fraction of sp³-hybridized carbons (Fsp3) is 0.250. The highest BCUT2D eigenvalue weighted by atomic mass is 15.3. The molecule has 0 spiro atoms. The monoisotopic (exact) mass is 177 g/mol. The predicted molar refractivity (Wildman–Crippen MR) is 49.9 cm³/mol. The molecule has 5 heteroatoms. The van der Waals surface area contributed by atoms with Gasteiger partial charge in [-0.3, -0.25) is 9.78 Å². The number of nitrogen functional groups attached to an aromatic ring is 1. The summed E-state index contributed by atoms with van der Waals surface area (Å²) in [5, 5.41) is 10.9. The van der Waals surface area contributed by atoms with Gasteiger partial charge in [-0.1, -0.05) is 0 Å². The Balaban J connectivity index is 2.57. The summed E-state index contributed by atoms with van der Waals surface area (Å²) >= 11 is 0. The molecule has 5 nitrogen and oxygen atoms in total. The van der Waals surface area contributed by atoms with Crippen LogP contribution in [0.4, 0.5) is 5.82 Å². The van der Waals surface area contributed by atoms with Crippen LogP contribution in [0.2, 0.25) is 0 Å². The second-order valence-electron chi connectivity index (χ2n) is 3.01. The number of rotatable bonds is 1. The minimum atomic E-state index is 0.496. The first kappa shape index (κ1) is 7.85. The van der Waals surface area contributed by atoms with Crippen molar-refractivity contribution in [2.24, 2.45) is 7.05 Å². The van der Waals surface area contributed by atoms with Gasteiger partial charge < -0.3 is 5.73 Å². The van der Waals surface area contributed by atoms with E-state index >= 15 is 0 Å². The molecule has 0 aliphatic rings. The van der Waals surface area contributed by atoms with Crippen LogP contribution in [0.25, 0.3) is 11.4 Å². The minimum Gasteiger partial charge on any atom is -0.382 e. The van der Waals surface area contributed by atoms with Gasteiger partial charge in [0.05, 0.1) is 17.6 Å². The second kappa shape index (κ2) is 2.62. The van der Waals surface area contributed by atoms with Gasteiger partial charge in [-0.15, -0.1) is 0 Å². The maximum absolute atomic E-state index is 5.51. The average Bonchev–Trinajstić information content (AvgIpc) is 2.60. The lowest BCUT2D eigenvalue weighted by Gasteiger charge is -1.98. The number of nitrogens with one attached hydrogen (secondary N) is 1. The van der Waals surface area contributed by atoms with Crippen molar-refractivity contribution in [3.63, 3.8) is 0 Å². The molecule has 2 rings (SSSR count). The fourth-order valence-electron chi connectivity index (χ4n) is 1.39. The first-order chi connectivity index (χ1) is 6.18. The Labute approximate surface area is 75.6 Å². The van der Waals surface area contributed by atoms with Crippen LogP contribution in [0.15, 0.2) is 12.3 Å². The number of hydrogen-bond donors (Lipinski definition) is 2. The van der Waals surface area contributed by atoms with E-state index in [9.17, 15) is 0 Å². The molecule has 0 unspecified atom stereocenters. The van der Waals surface area contributed by atoms with E-state index in [2.05, 4.69) is 15.3 Å². The van der Waals surface area contributed by atoms with Crippen molar-refractivity contribution in [2.75, 3.05) is 5.73 Å². The SMILES string of the molecule is Cc1cnn(C)c1-c1cc(N)n[nH]1. The van der Waals surface area contributed by atoms with Gasteiger partial charge in [-0.05, 0) is 12.5 Å². The Kier molecular flexibility index (Phi) is 1.58. The Hall–Kier alpha value is -1.78. The Morgan fingerprint density at radius 2 is 2.31 bits per heavy atom. The van der Waals surface area contributed by atoms with Crippen molar-refractivity contribution in [1.29, 1.82) is 0 Å². The first-order valence-electron chi connectivity index (χ1n) is 3.98. The van der Waals surface area contributed by atoms with E-state index in [0.29, 0.717) is 5.82 Å². The third-order valence-electron chi connectivity index (χ3n) is 1.97. The topological polar surface area (TPSA) is 72.5 Å². The van der Waals surface area contributed by atoms with Gasteiger partial charge >= 0.3 is 0 Å². The number of nitrogens with two attached hydrogens (primary N) is 1. The Morgan fingerprint density at radius 3 is 2.77 bits per heavy atom. The van der Waals surface area contributed by atoms with Crippen LogP contribution in [0.5, 0.6) is 0 Å². The summed E-state index contributed by atoms with van der Waals surface area (Å²) in [6.07, 6.45) is 1.81. The zero-order valence-electron chi connectivity index (χ0n) is 7.57. The fourth-order valence-corrected chi connectivity index (χ4v) is 1.39. The molecule has 0 radical (unpaired) electrons. The van der Waals surface area contributed by atoms with Gasteiger partial charge in [0.2, 0.25) is 0 Å². The molecule has 0 saturated carbocycles. The number of aromatic amines is 1. The van der Waals surface area contributed by atoms with Gasteiger partial charge in [-0.25, -0.2) is 0 Å². The smallest absolute Gasteiger partial charge is 0.145 e. The quantitative estimate of drug-likeness (QED) is 0.673. The van der Waals surface area contributed by atoms with Crippen molar-refractivity contribution >= 4 is 5.82 Å². The van der Waals surface area contributed by atoms with Crippen LogP contribution in [0.1, 0.15) is 5.56 Å². The van der Waals surface area contributed by atoms with Gasteiger partial charge in [0.25, 0.3) is 0 Å². The lowest BCUT2D eigenvalue weighted by atomic mass is 10.2. The highest BCUT2D eigenvalue weighted by Crippen LogP contribution is 2.20. The molecule has 0 aromatic carbocycles. The summed E-state index contributed by atoms with van der Waals surface area (Å²) in [6, 6.07) is 1.80. The summed E-state index contributed by atoms with van der Waals surface area (Å²) in [5.74, 6) is 0.496. The number of aryl methyl sites for hydroxylation is 2. The summed E-state index contributed by atoms with van der Waals surface area (Å²) in [7, 11) is 1.89. The van der Waals surface area contributed by atoms with Crippen LogP contribution < -0.4 is 5.73 Å². The molecule has 0 aliphatic carbocycles. The molecule has 3 N–H and O–H groups in total. The average molecular weight is 177 g/mol. The minimum absolute atomic E-state index is 0.496. The van der Waals surface area contributed by atoms with Crippen molar-refractivity contribution in [2.45, 2.75) is 6.92 Å². The Morgan fingerprint density at radius 1 is 1.54 bits per heavy atom. The molecular formula is C8H11N5. The first-order valence-corrected chi connectivity index (χ1v) is 3.98. The standard InChI is InChI=1S/C8H11N5/c1-5-4-10-13(2)8(5)6-3-7(9)12-11-6/h3-4H,1-2H3,(H3,9,11,12). The van der Waals surface area contributed by atoms with E-state index < -0.39 is 0 Å². The van der Waals surface area contributed by atoms with E-state index in [1.54, 1.807) is 10.7 Å². The molecule has 0 aliphatic heterocycles. The van der Waals surface area contributed by atoms with Crippen LogP contribution >= 0.6 is 0 Å². The number of anilines is 1. The van der Waals surface area contributed by atoms with E-state index in [0.717, 1.165) is 17.0 Å². The molecule has 68 valence electrons. The van der Waals surface area contributed by atoms with Gasteiger partial charge in [0, 0.05) is 13.1 Å². The number of nitrogens with zero attached hydrogens (tertiary/aromatic N) is 3. The van der Waals surface area contributed by atoms with Crippen LogP contribution in [-0.4, -0.2) is 20.0 Å². The highest BCUT2D eigenvalue weighted by Gasteiger charge is 2.09. The molecule has 0 bridgehead atoms. The van der Waals surface area contributed by atoms with E-state index in [-0.39, 0.29) is 0 Å². The summed E-state index contributed by atoms with van der Waals surface area (Å²) in [6.45, 7) is 2.00. The molecule has 2 aromatic heterocycles. The predicted octanol–water partition coefficient (Wildman–Crippen LogP) is 0.701. The van der Waals surface area contributed by atoms with Crippen LogP contribution in [-0.2, 0) is 7.05 Å². The van der Waals surface area contributed by atoms with Crippen LogP contribution in [0, 0.1) is 6.92 Å². The summed E-state index contributed by atoms with van der Waals surface area (Å²) in [5.41, 5.74) is 8.53. The third-order valence-corrected chi connectivity index (χ3v) is 1.97. The van der Waals surface area contributed by atoms with E-state index in [1.807, 2.05) is 20.2 Å². The van der Waals surface area contributed by atoms with Crippen LogP contribution in [0.3, 0.4) is 0 Å². The maximum Gasteiger partial charge on any atom is 0.145 e. The van der Waals surface area contributed by atoms with Gasteiger partial charge in [-0.2, -0.15) is 10.2 Å². The van der Waals surface area contributed by atoms with Crippen molar-refractivity contribution in [1.82, 2.24) is 20.0 Å². The third kappa shape index (κ3) is 1.18. The number of hydrogen-bond acceptors (Lipinski definition) is 3. The zero-order chi connectivity index (χ0) is 9.42. The molecule has 0 fully saturated rings. The highest BCUT2D eigenvalue weighted by molar-refractivity contribution is 5.61. The summed E-state index contributed by atoms with van der Waals surface area (Å²) in [4.78, 5) is 0. The molecule has 13 heavy (non-hydrogen) atoms. The molecule has 2 heterocycles. The molecule has 0 saturated heterocycles. The van der Waals surface area contributed by atoms with Gasteiger partial charge in [0.15, 0.2) is 0 Å². The van der Waals surface area contributed by atoms with Crippen molar-refractivity contribution in [3.05, 3.63) is 17.8 Å². The zero-order valence-corrected chi connectivity index (χ0v) is 7.57.